The lowest BCUT2D eigenvalue weighted by atomic mass is 10.0. The molecule has 5 nitrogen and oxygen atoms in total. The fourth-order valence-electron chi connectivity index (χ4n) is 3.90. The summed E-state index contributed by atoms with van der Waals surface area (Å²) in [7, 11) is 0. The largest absolute Gasteiger partial charge is 0.454 e. The summed E-state index contributed by atoms with van der Waals surface area (Å²) >= 11 is 0. The van der Waals surface area contributed by atoms with Gasteiger partial charge >= 0.3 is 5.97 Å². The van der Waals surface area contributed by atoms with Gasteiger partial charge in [-0.05, 0) is 51.3 Å². The van der Waals surface area contributed by atoms with Crippen LogP contribution in [0, 0.1) is 20.8 Å². The number of carbonyl (C=O) groups excluding carboxylic acids is 2. The van der Waals surface area contributed by atoms with Gasteiger partial charge in [0, 0.05) is 34.6 Å². The zero-order chi connectivity index (χ0) is 21.1. The van der Waals surface area contributed by atoms with Gasteiger partial charge in [-0.2, -0.15) is 0 Å². The molecule has 0 N–H and O–H groups in total. The fourth-order valence-corrected chi connectivity index (χ4v) is 3.90. The van der Waals surface area contributed by atoms with Gasteiger partial charge in [0.15, 0.2) is 6.61 Å². The Morgan fingerprint density at radius 1 is 1.10 bits per heavy atom. The van der Waals surface area contributed by atoms with Crippen LogP contribution in [0.2, 0.25) is 0 Å². The van der Waals surface area contributed by atoms with E-state index in [1.807, 2.05) is 58.0 Å². The molecule has 0 spiro atoms. The van der Waals surface area contributed by atoms with Gasteiger partial charge < -0.3 is 9.30 Å². The normalized spacial score (nSPS) is 11.1. The number of nitrogens with zero attached hydrogens (tertiary/aromatic N) is 2. The Labute approximate surface area is 171 Å². The van der Waals surface area contributed by atoms with Gasteiger partial charge in [-0.15, -0.1) is 0 Å². The molecule has 0 atom stereocenters. The van der Waals surface area contributed by atoms with Crippen LogP contribution in [0.25, 0.3) is 10.9 Å². The molecule has 3 aromatic rings. The standard InChI is InChI=1S/C24H28N2O3/c1-6-12-26-15(3)13-19(17(26)5)22(27)14-29-24(28)23-16(4)20(7-2)25-21-11-9-8-10-18(21)23/h8-11,13H,6-7,12,14H2,1-5H3. The van der Waals surface area contributed by atoms with E-state index in [0.717, 1.165) is 52.9 Å². The molecule has 29 heavy (non-hydrogen) atoms. The molecule has 0 aliphatic rings. The van der Waals surface area contributed by atoms with Crippen LogP contribution in [0.15, 0.2) is 30.3 Å². The van der Waals surface area contributed by atoms with Crippen molar-refractivity contribution in [1.82, 2.24) is 9.55 Å². The van der Waals surface area contributed by atoms with Gasteiger partial charge in [-0.3, -0.25) is 9.78 Å². The number of aryl methyl sites for hydroxylation is 2. The van der Waals surface area contributed by atoms with E-state index in [1.165, 1.54) is 0 Å². The van der Waals surface area contributed by atoms with Crippen molar-refractivity contribution in [2.75, 3.05) is 6.61 Å². The van der Waals surface area contributed by atoms with Gasteiger partial charge in [0.25, 0.3) is 0 Å². The lowest BCUT2D eigenvalue weighted by molar-refractivity contribution is 0.0475. The van der Waals surface area contributed by atoms with Gasteiger partial charge in [-0.25, -0.2) is 4.79 Å². The summed E-state index contributed by atoms with van der Waals surface area (Å²) in [4.78, 5) is 30.3. The zero-order valence-electron chi connectivity index (χ0n) is 17.8. The first-order valence-electron chi connectivity index (χ1n) is 10.1. The fraction of sp³-hybridized carbons (Fsp3) is 0.375. The molecule has 2 aromatic heterocycles. The highest BCUT2D eigenvalue weighted by Crippen LogP contribution is 2.24. The maximum atomic E-state index is 12.9. The molecule has 0 radical (unpaired) electrons. The number of para-hydroxylation sites is 1. The second-order valence-electron chi connectivity index (χ2n) is 7.36. The molecular weight excluding hydrogens is 364 g/mol. The average molecular weight is 392 g/mol. The summed E-state index contributed by atoms with van der Waals surface area (Å²) in [5.41, 5.74) is 5.52. The number of benzene rings is 1. The van der Waals surface area contributed by atoms with E-state index in [4.69, 9.17) is 4.74 Å². The summed E-state index contributed by atoms with van der Waals surface area (Å²) in [5, 5.41) is 0.751. The van der Waals surface area contributed by atoms with Crippen LogP contribution >= 0.6 is 0 Å². The van der Waals surface area contributed by atoms with Crippen LogP contribution in [-0.2, 0) is 17.7 Å². The number of aromatic nitrogens is 2. The minimum atomic E-state index is -0.480. The Bertz CT molecular complexity index is 1080. The van der Waals surface area contributed by atoms with Crippen molar-refractivity contribution in [2.24, 2.45) is 0 Å². The molecule has 2 heterocycles. The summed E-state index contributed by atoms with van der Waals surface area (Å²) in [5.74, 6) is -0.660. The quantitative estimate of drug-likeness (QED) is 0.420. The Kier molecular flexibility index (Phi) is 6.16. The van der Waals surface area contributed by atoms with E-state index in [9.17, 15) is 9.59 Å². The molecule has 5 heteroatoms. The number of rotatable bonds is 7. The number of ketones is 1. The molecule has 0 aliphatic heterocycles. The number of fused-ring (bicyclic) bond motifs is 1. The first-order valence-corrected chi connectivity index (χ1v) is 10.1. The Hall–Kier alpha value is -2.95. The van der Waals surface area contributed by atoms with Crippen molar-refractivity contribution in [3.63, 3.8) is 0 Å². The first-order chi connectivity index (χ1) is 13.9. The van der Waals surface area contributed by atoms with Gasteiger partial charge in [0.1, 0.15) is 0 Å². The topological polar surface area (TPSA) is 61.2 Å². The van der Waals surface area contributed by atoms with Crippen molar-refractivity contribution in [1.29, 1.82) is 0 Å². The van der Waals surface area contributed by atoms with Crippen LogP contribution in [0.5, 0.6) is 0 Å². The number of carbonyl (C=O) groups is 2. The minimum absolute atomic E-state index is 0.180. The molecule has 0 saturated heterocycles. The maximum absolute atomic E-state index is 12.9. The molecule has 0 amide bonds. The van der Waals surface area contributed by atoms with Crippen LogP contribution in [-0.4, -0.2) is 27.9 Å². The molecule has 0 fully saturated rings. The highest BCUT2D eigenvalue weighted by molar-refractivity contribution is 6.06. The van der Waals surface area contributed by atoms with Crippen molar-refractivity contribution in [3.05, 3.63) is 64.1 Å². The summed E-state index contributed by atoms with van der Waals surface area (Å²) < 4.78 is 7.60. The number of esters is 1. The van der Waals surface area contributed by atoms with E-state index < -0.39 is 5.97 Å². The molecule has 0 bridgehead atoms. The Morgan fingerprint density at radius 3 is 2.52 bits per heavy atom. The molecule has 152 valence electrons. The average Bonchev–Trinajstić information content (AvgIpc) is 3.00. The van der Waals surface area contributed by atoms with Gasteiger partial charge in [0.05, 0.1) is 11.1 Å². The predicted octanol–water partition coefficient (Wildman–Crippen LogP) is 4.97. The minimum Gasteiger partial charge on any atom is -0.454 e. The number of hydrogen-bond acceptors (Lipinski definition) is 4. The van der Waals surface area contributed by atoms with E-state index in [-0.39, 0.29) is 12.4 Å². The lowest BCUT2D eigenvalue weighted by Crippen LogP contribution is -2.17. The number of pyridine rings is 1. The highest BCUT2D eigenvalue weighted by atomic mass is 16.5. The molecular formula is C24H28N2O3. The third-order valence-corrected chi connectivity index (χ3v) is 5.43. The molecule has 0 saturated carbocycles. The second-order valence-corrected chi connectivity index (χ2v) is 7.36. The SMILES string of the molecule is CCCn1c(C)cc(C(=O)COC(=O)c2c(C)c(CC)nc3ccccc23)c1C. The summed E-state index contributed by atoms with van der Waals surface area (Å²) in [6.45, 7) is 10.5. The lowest BCUT2D eigenvalue weighted by Gasteiger charge is -2.13. The third-order valence-electron chi connectivity index (χ3n) is 5.43. The highest BCUT2D eigenvalue weighted by Gasteiger charge is 2.21. The van der Waals surface area contributed by atoms with Crippen molar-refractivity contribution < 1.29 is 14.3 Å². The zero-order valence-corrected chi connectivity index (χ0v) is 17.8. The van der Waals surface area contributed by atoms with E-state index in [2.05, 4.69) is 16.5 Å². The Morgan fingerprint density at radius 2 is 1.83 bits per heavy atom. The summed E-state index contributed by atoms with van der Waals surface area (Å²) in [6, 6.07) is 9.40. The van der Waals surface area contributed by atoms with E-state index in [1.54, 1.807) is 0 Å². The predicted molar refractivity (Wildman–Crippen MR) is 115 cm³/mol. The molecule has 3 rings (SSSR count). The van der Waals surface area contributed by atoms with Gasteiger partial charge in [0.2, 0.25) is 5.78 Å². The third kappa shape index (κ3) is 3.95. The van der Waals surface area contributed by atoms with Crippen molar-refractivity contribution >= 4 is 22.7 Å². The second kappa shape index (κ2) is 8.60. The van der Waals surface area contributed by atoms with Crippen LogP contribution < -0.4 is 0 Å². The molecule has 0 unspecified atom stereocenters. The first kappa shape index (κ1) is 20.8. The van der Waals surface area contributed by atoms with Crippen LogP contribution in [0.4, 0.5) is 0 Å². The van der Waals surface area contributed by atoms with Gasteiger partial charge in [-0.1, -0.05) is 32.0 Å². The molecule has 0 aliphatic carbocycles. The smallest absolute Gasteiger partial charge is 0.339 e. The molecule has 1 aromatic carbocycles. The number of Topliss-reactive ketones (excluding diaryl/α,β-unsaturated/α-hetero) is 1. The van der Waals surface area contributed by atoms with E-state index in [0.29, 0.717) is 11.1 Å². The number of ether oxygens (including phenoxy) is 1. The van der Waals surface area contributed by atoms with Crippen LogP contribution in [0.1, 0.15) is 63.6 Å². The summed E-state index contributed by atoms with van der Waals surface area (Å²) in [6.07, 6.45) is 1.71. The number of hydrogen-bond donors (Lipinski definition) is 0. The van der Waals surface area contributed by atoms with Crippen LogP contribution in [0.3, 0.4) is 0 Å². The van der Waals surface area contributed by atoms with Crippen molar-refractivity contribution in [2.45, 2.75) is 54.0 Å². The Balaban J connectivity index is 1.86. The monoisotopic (exact) mass is 392 g/mol. The maximum Gasteiger partial charge on any atom is 0.339 e. The van der Waals surface area contributed by atoms with E-state index >= 15 is 0 Å². The van der Waals surface area contributed by atoms with Crippen molar-refractivity contribution in [3.8, 4) is 0 Å².